The van der Waals surface area contributed by atoms with E-state index in [1.807, 2.05) is 0 Å². The lowest BCUT2D eigenvalue weighted by Crippen LogP contribution is -2.66. The van der Waals surface area contributed by atoms with E-state index in [0.717, 1.165) is 0 Å². The van der Waals surface area contributed by atoms with Crippen molar-refractivity contribution in [2.45, 2.75) is 50.3 Å². The third-order valence-corrected chi connectivity index (χ3v) is 6.49. The van der Waals surface area contributed by atoms with Gasteiger partial charge in [-0.15, -0.1) is 0 Å². The zero-order valence-corrected chi connectivity index (χ0v) is 18.4. The van der Waals surface area contributed by atoms with E-state index in [1.165, 1.54) is 17.0 Å². The third kappa shape index (κ3) is 3.90. The molecule has 0 unspecified atom stereocenters. The molecule has 0 spiro atoms. The van der Waals surface area contributed by atoms with E-state index in [-0.39, 0.29) is 29.9 Å². The Labute approximate surface area is 190 Å². The summed E-state index contributed by atoms with van der Waals surface area (Å²) < 4.78 is 14.0. The van der Waals surface area contributed by atoms with E-state index in [2.05, 4.69) is 10.6 Å². The standard InChI is InChI=1S/C23H23ClFN5O2/c1-22(32)9-15(10-22)30-19(31)11-23(2,29-21(30)27)16-4-3-5-18(20(16)24)28-14-7-6-13(12-26)17(25)8-14/h3-8,15,28,32H,9-11H2,1-2H3,(H2,27,29)/t15?,22?,23-/m0/s1. The van der Waals surface area contributed by atoms with Gasteiger partial charge in [-0.1, -0.05) is 23.7 Å². The van der Waals surface area contributed by atoms with E-state index >= 15 is 0 Å². The molecular weight excluding hydrogens is 433 g/mol. The summed E-state index contributed by atoms with van der Waals surface area (Å²) in [7, 11) is 0. The van der Waals surface area contributed by atoms with Crippen LogP contribution in [0.4, 0.5) is 15.8 Å². The van der Waals surface area contributed by atoms with Crippen molar-refractivity contribution in [3.8, 4) is 6.07 Å². The fraction of sp³-hybridized carbons (Fsp3) is 0.348. The molecule has 7 nitrogen and oxygen atoms in total. The molecule has 1 amide bonds. The van der Waals surface area contributed by atoms with Crippen molar-refractivity contribution in [1.82, 2.24) is 10.2 Å². The SMILES string of the molecule is CC1(O)CC(N2C(=N)N[C@](C)(c3cccc(Nc4ccc(C#N)c(F)c4)c3Cl)CC2=O)C1. The van der Waals surface area contributed by atoms with Crippen molar-refractivity contribution in [2.24, 2.45) is 0 Å². The van der Waals surface area contributed by atoms with Gasteiger partial charge in [-0.25, -0.2) is 4.39 Å². The number of hydrogen-bond acceptors (Lipinski definition) is 5. The van der Waals surface area contributed by atoms with Gasteiger partial charge in [-0.3, -0.25) is 15.1 Å². The summed E-state index contributed by atoms with van der Waals surface area (Å²) in [5.74, 6) is -0.868. The van der Waals surface area contributed by atoms with Crippen LogP contribution in [0.25, 0.3) is 0 Å². The number of hydrogen-bond donors (Lipinski definition) is 4. The van der Waals surface area contributed by atoms with Crippen LogP contribution in [0.15, 0.2) is 36.4 Å². The topological polar surface area (TPSA) is 112 Å². The first kappa shape index (κ1) is 22.1. The van der Waals surface area contributed by atoms with Gasteiger partial charge in [0.1, 0.15) is 11.9 Å². The van der Waals surface area contributed by atoms with Crippen LogP contribution in [-0.4, -0.2) is 33.5 Å². The van der Waals surface area contributed by atoms with E-state index in [0.29, 0.717) is 34.8 Å². The van der Waals surface area contributed by atoms with Crippen LogP contribution < -0.4 is 10.6 Å². The Kier molecular flexibility index (Phi) is 5.35. The highest BCUT2D eigenvalue weighted by Gasteiger charge is 2.49. The fourth-order valence-electron chi connectivity index (χ4n) is 4.46. The normalized spacial score (nSPS) is 27.4. The maximum absolute atomic E-state index is 14.0. The van der Waals surface area contributed by atoms with Gasteiger partial charge in [-0.2, -0.15) is 5.26 Å². The average Bonchev–Trinajstić information content (AvgIpc) is 2.67. The number of anilines is 2. The molecule has 166 valence electrons. The second-order valence-electron chi connectivity index (χ2n) is 8.90. The van der Waals surface area contributed by atoms with E-state index in [1.54, 1.807) is 44.2 Å². The van der Waals surface area contributed by atoms with Gasteiger partial charge in [0.05, 0.1) is 33.8 Å². The molecule has 1 aliphatic carbocycles. The summed E-state index contributed by atoms with van der Waals surface area (Å²) in [5.41, 5.74) is -0.218. The quantitative estimate of drug-likeness (QED) is 0.557. The second kappa shape index (κ2) is 7.76. The lowest BCUT2D eigenvalue weighted by atomic mass is 9.75. The molecule has 2 aromatic rings. The van der Waals surface area contributed by atoms with Crippen molar-refractivity contribution in [3.05, 3.63) is 58.4 Å². The monoisotopic (exact) mass is 455 g/mol. The van der Waals surface area contributed by atoms with Crippen molar-refractivity contribution in [2.75, 3.05) is 5.32 Å². The maximum Gasteiger partial charge on any atom is 0.232 e. The molecular formula is C23H23ClFN5O2. The maximum atomic E-state index is 14.0. The lowest BCUT2D eigenvalue weighted by molar-refractivity contribution is -0.139. The third-order valence-electron chi connectivity index (χ3n) is 6.09. The van der Waals surface area contributed by atoms with Crippen LogP contribution in [0.2, 0.25) is 5.02 Å². The van der Waals surface area contributed by atoms with Crippen LogP contribution in [0, 0.1) is 22.6 Å². The van der Waals surface area contributed by atoms with Crippen LogP contribution >= 0.6 is 11.6 Å². The van der Waals surface area contributed by atoms with E-state index < -0.39 is 17.0 Å². The number of carbonyl (C=O) groups excluding carboxylic acids is 1. The highest BCUT2D eigenvalue weighted by atomic mass is 35.5. The molecule has 2 aromatic carbocycles. The molecule has 1 atom stereocenters. The minimum atomic E-state index is -0.915. The van der Waals surface area contributed by atoms with Gasteiger partial charge < -0.3 is 15.7 Å². The summed E-state index contributed by atoms with van der Waals surface area (Å²) in [6.07, 6.45) is 0.949. The first-order valence-corrected chi connectivity index (χ1v) is 10.6. The number of nitriles is 1. The van der Waals surface area contributed by atoms with Crippen molar-refractivity contribution in [1.29, 1.82) is 10.7 Å². The highest BCUT2D eigenvalue weighted by molar-refractivity contribution is 6.34. The second-order valence-corrected chi connectivity index (χ2v) is 9.28. The number of carbonyl (C=O) groups is 1. The molecule has 2 fully saturated rings. The smallest absolute Gasteiger partial charge is 0.232 e. The first-order chi connectivity index (χ1) is 15.0. The summed E-state index contributed by atoms with van der Waals surface area (Å²) >= 11 is 6.67. The summed E-state index contributed by atoms with van der Waals surface area (Å²) in [6, 6.07) is 11.0. The largest absolute Gasteiger partial charge is 0.390 e. The number of nitrogens with zero attached hydrogens (tertiary/aromatic N) is 2. The molecule has 32 heavy (non-hydrogen) atoms. The molecule has 4 N–H and O–H groups in total. The summed E-state index contributed by atoms with van der Waals surface area (Å²) in [6.45, 7) is 3.52. The number of guanidine groups is 1. The molecule has 1 saturated carbocycles. The van der Waals surface area contributed by atoms with Crippen molar-refractivity contribution < 1.29 is 14.3 Å². The zero-order valence-electron chi connectivity index (χ0n) is 17.7. The number of halogens is 2. The van der Waals surface area contributed by atoms with Crippen LogP contribution in [0.3, 0.4) is 0 Å². The number of nitrogens with one attached hydrogen (secondary N) is 3. The Hall–Kier alpha value is -3.15. The molecule has 1 aliphatic heterocycles. The highest BCUT2D eigenvalue weighted by Crippen LogP contribution is 2.41. The Morgan fingerprint density at radius 2 is 2.06 bits per heavy atom. The van der Waals surface area contributed by atoms with Gasteiger partial charge in [0.2, 0.25) is 5.91 Å². The lowest BCUT2D eigenvalue weighted by Gasteiger charge is -2.50. The van der Waals surface area contributed by atoms with Crippen LogP contribution in [0.1, 0.15) is 44.2 Å². The van der Waals surface area contributed by atoms with Crippen LogP contribution in [0.5, 0.6) is 0 Å². The van der Waals surface area contributed by atoms with E-state index in [9.17, 15) is 14.3 Å². The molecule has 2 aliphatic rings. The molecule has 1 heterocycles. The van der Waals surface area contributed by atoms with Gasteiger partial charge in [-0.05, 0) is 56.5 Å². The Balaban J connectivity index is 1.58. The molecule has 0 bridgehead atoms. The van der Waals surface area contributed by atoms with Gasteiger partial charge in [0.25, 0.3) is 0 Å². The molecule has 1 saturated heterocycles. The minimum absolute atomic E-state index is 0.0205. The van der Waals surface area contributed by atoms with Crippen LogP contribution in [-0.2, 0) is 10.3 Å². The first-order valence-electron chi connectivity index (χ1n) is 10.2. The molecule has 9 heteroatoms. The number of rotatable bonds is 4. The van der Waals surface area contributed by atoms with E-state index in [4.69, 9.17) is 22.3 Å². The average molecular weight is 456 g/mol. The molecule has 0 aromatic heterocycles. The Morgan fingerprint density at radius 1 is 1.34 bits per heavy atom. The summed E-state index contributed by atoms with van der Waals surface area (Å²) in [5, 5.41) is 33.8. The Bertz CT molecular complexity index is 1130. The minimum Gasteiger partial charge on any atom is -0.390 e. The predicted molar refractivity (Wildman–Crippen MR) is 119 cm³/mol. The van der Waals surface area contributed by atoms with Gasteiger partial charge in [0.15, 0.2) is 5.96 Å². The molecule has 0 radical (unpaired) electrons. The summed E-state index contributed by atoms with van der Waals surface area (Å²) in [4.78, 5) is 14.4. The van der Waals surface area contributed by atoms with Gasteiger partial charge in [0, 0.05) is 11.7 Å². The number of benzene rings is 2. The number of aliphatic hydroxyl groups is 1. The Morgan fingerprint density at radius 3 is 2.66 bits per heavy atom. The number of amides is 1. The molecule has 4 rings (SSSR count). The van der Waals surface area contributed by atoms with Crippen molar-refractivity contribution in [3.63, 3.8) is 0 Å². The predicted octanol–water partition coefficient (Wildman–Crippen LogP) is 3.98. The fourth-order valence-corrected chi connectivity index (χ4v) is 4.84. The van der Waals surface area contributed by atoms with Crippen molar-refractivity contribution >= 4 is 34.8 Å². The van der Waals surface area contributed by atoms with Gasteiger partial charge >= 0.3 is 0 Å². The zero-order chi connectivity index (χ0) is 23.3.